The molecular weight excluding hydrogens is 238 g/mol. The van der Waals surface area contributed by atoms with Crippen molar-refractivity contribution in [3.05, 3.63) is 29.3 Å². The first-order valence-corrected chi connectivity index (χ1v) is 5.98. The minimum atomic E-state index is 0.337. The van der Waals surface area contributed by atoms with E-state index in [1.807, 2.05) is 6.07 Å². The van der Waals surface area contributed by atoms with Gasteiger partial charge in [0.05, 0.1) is 17.9 Å². The largest absolute Gasteiger partial charge is 0.339 e. The van der Waals surface area contributed by atoms with E-state index in [1.165, 1.54) is 6.42 Å². The lowest BCUT2D eigenvalue weighted by atomic mass is 10.2. The molecule has 17 heavy (non-hydrogen) atoms. The van der Waals surface area contributed by atoms with E-state index >= 15 is 0 Å². The van der Waals surface area contributed by atoms with Crippen LogP contribution >= 0.6 is 11.6 Å². The van der Waals surface area contributed by atoms with E-state index in [-0.39, 0.29) is 0 Å². The third-order valence-electron chi connectivity index (χ3n) is 2.89. The second-order valence-electron chi connectivity index (χ2n) is 4.07. The Bertz CT molecular complexity index is 501. The highest BCUT2D eigenvalue weighted by atomic mass is 35.5. The van der Waals surface area contributed by atoms with Gasteiger partial charge in [0.25, 0.3) is 0 Å². The average molecular weight is 250 g/mol. The highest BCUT2D eigenvalue weighted by molar-refractivity contribution is 6.29. The molecule has 3 heterocycles. The first-order valence-electron chi connectivity index (χ1n) is 5.61. The Kier molecular flexibility index (Phi) is 2.78. The van der Waals surface area contributed by atoms with Crippen LogP contribution in [-0.4, -0.2) is 26.7 Å². The van der Waals surface area contributed by atoms with Crippen molar-refractivity contribution in [3.63, 3.8) is 0 Å². The van der Waals surface area contributed by atoms with Crippen LogP contribution in [0.5, 0.6) is 0 Å². The molecule has 0 aromatic carbocycles. The predicted molar refractivity (Wildman–Crippen MR) is 64.6 cm³/mol. The van der Waals surface area contributed by atoms with E-state index < -0.39 is 0 Å². The monoisotopic (exact) mass is 249 g/mol. The first kappa shape index (κ1) is 10.7. The molecule has 0 aliphatic carbocycles. The van der Waals surface area contributed by atoms with Crippen LogP contribution in [0, 0.1) is 0 Å². The molecule has 0 bridgehead atoms. The van der Waals surface area contributed by atoms with Crippen molar-refractivity contribution in [2.24, 2.45) is 0 Å². The van der Waals surface area contributed by atoms with Crippen molar-refractivity contribution < 1.29 is 0 Å². The fourth-order valence-corrected chi connectivity index (χ4v) is 2.12. The molecule has 0 saturated carbocycles. The number of nitrogens with one attached hydrogen (secondary N) is 2. The number of nitrogens with zero attached hydrogens (tertiary/aromatic N) is 3. The molecule has 2 aromatic heterocycles. The van der Waals surface area contributed by atoms with Crippen LogP contribution in [0.2, 0.25) is 5.15 Å². The minimum Gasteiger partial charge on any atom is -0.339 e. The van der Waals surface area contributed by atoms with Gasteiger partial charge in [0.1, 0.15) is 11.5 Å². The Morgan fingerprint density at radius 3 is 2.94 bits per heavy atom. The molecule has 88 valence electrons. The van der Waals surface area contributed by atoms with Crippen molar-refractivity contribution in [2.45, 2.75) is 18.9 Å². The smallest absolute Gasteiger partial charge is 0.151 e. The molecule has 2 N–H and O–H groups in total. The molecule has 1 aliphatic heterocycles. The van der Waals surface area contributed by atoms with Gasteiger partial charge in [-0.05, 0) is 31.5 Å². The molecule has 5 nitrogen and oxygen atoms in total. The number of halogens is 1. The van der Waals surface area contributed by atoms with E-state index in [0.29, 0.717) is 11.2 Å². The fraction of sp³-hybridized carbons (Fsp3) is 0.364. The molecule has 0 spiro atoms. The zero-order valence-corrected chi connectivity index (χ0v) is 9.91. The van der Waals surface area contributed by atoms with Crippen LogP contribution in [-0.2, 0) is 0 Å². The summed E-state index contributed by atoms with van der Waals surface area (Å²) in [5.74, 6) is 0.967. The molecule has 1 fully saturated rings. The van der Waals surface area contributed by atoms with Crippen molar-refractivity contribution in [1.82, 2.24) is 25.5 Å². The van der Waals surface area contributed by atoms with Gasteiger partial charge in [0, 0.05) is 0 Å². The number of H-pyrrole nitrogens is 1. The maximum Gasteiger partial charge on any atom is 0.151 e. The summed E-state index contributed by atoms with van der Waals surface area (Å²) in [6, 6.07) is 3.89. The summed E-state index contributed by atoms with van der Waals surface area (Å²) in [4.78, 5) is 7.65. The van der Waals surface area contributed by atoms with E-state index in [2.05, 4.69) is 25.5 Å². The maximum atomic E-state index is 5.70. The van der Waals surface area contributed by atoms with E-state index in [4.69, 9.17) is 11.6 Å². The van der Waals surface area contributed by atoms with Crippen LogP contribution in [0.1, 0.15) is 24.7 Å². The number of aromatic nitrogens is 4. The predicted octanol–water partition coefficient (Wildman–Crippen LogP) is 1.94. The third-order valence-corrected chi connectivity index (χ3v) is 3.10. The molecule has 1 atom stereocenters. The van der Waals surface area contributed by atoms with Gasteiger partial charge < -0.3 is 10.3 Å². The summed E-state index contributed by atoms with van der Waals surface area (Å²) in [7, 11) is 0. The lowest BCUT2D eigenvalue weighted by molar-refractivity contribution is 0.613. The van der Waals surface area contributed by atoms with Crippen LogP contribution < -0.4 is 5.32 Å². The number of aromatic amines is 1. The standard InChI is InChI=1S/C11H12ClN5/c12-10-4-3-7(16-17-10)9-6-14-11(15-9)8-2-1-5-13-8/h3-4,6,8,13H,1-2,5H2,(H,14,15)/t8-/m0/s1. The van der Waals surface area contributed by atoms with Crippen LogP contribution in [0.3, 0.4) is 0 Å². The molecule has 1 aliphatic rings. The van der Waals surface area contributed by atoms with Gasteiger partial charge in [0.15, 0.2) is 5.15 Å². The Balaban J connectivity index is 1.86. The quantitative estimate of drug-likeness (QED) is 0.854. The van der Waals surface area contributed by atoms with Gasteiger partial charge in [-0.2, -0.15) is 0 Å². The normalized spacial score (nSPS) is 19.7. The van der Waals surface area contributed by atoms with Crippen molar-refractivity contribution in [1.29, 1.82) is 0 Å². The summed E-state index contributed by atoms with van der Waals surface area (Å²) in [6.45, 7) is 1.06. The van der Waals surface area contributed by atoms with Crippen LogP contribution in [0.15, 0.2) is 18.3 Å². The summed E-state index contributed by atoms with van der Waals surface area (Å²) >= 11 is 5.70. The highest BCUT2D eigenvalue weighted by Crippen LogP contribution is 2.23. The topological polar surface area (TPSA) is 66.5 Å². The number of hydrogen-bond acceptors (Lipinski definition) is 4. The van der Waals surface area contributed by atoms with Crippen molar-refractivity contribution >= 4 is 11.6 Å². The molecule has 6 heteroatoms. The molecule has 0 radical (unpaired) electrons. The van der Waals surface area contributed by atoms with Gasteiger partial charge in [-0.1, -0.05) is 11.6 Å². The second kappa shape index (κ2) is 4.43. The lowest BCUT2D eigenvalue weighted by Crippen LogP contribution is -2.14. The Labute approximate surface area is 104 Å². The number of imidazole rings is 1. The second-order valence-corrected chi connectivity index (χ2v) is 4.46. The van der Waals surface area contributed by atoms with Gasteiger partial charge >= 0.3 is 0 Å². The maximum absolute atomic E-state index is 5.70. The minimum absolute atomic E-state index is 0.337. The van der Waals surface area contributed by atoms with E-state index in [9.17, 15) is 0 Å². The Morgan fingerprint density at radius 2 is 2.24 bits per heavy atom. The number of hydrogen-bond donors (Lipinski definition) is 2. The Hall–Kier alpha value is -1.46. The van der Waals surface area contributed by atoms with Crippen molar-refractivity contribution in [2.75, 3.05) is 6.54 Å². The summed E-state index contributed by atoms with van der Waals surface area (Å²) in [5, 5.41) is 11.6. The third kappa shape index (κ3) is 2.16. The molecule has 3 rings (SSSR count). The van der Waals surface area contributed by atoms with Crippen molar-refractivity contribution in [3.8, 4) is 11.4 Å². The zero-order valence-electron chi connectivity index (χ0n) is 9.15. The fourth-order valence-electron chi connectivity index (χ4n) is 2.02. The lowest BCUT2D eigenvalue weighted by Gasteiger charge is -2.05. The average Bonchev–Trinajstić information content (AvgIpc) is 3.00. The summed E-state index contributed by atoms with van der Waals surface area (Å²) < 4.78 is 0. The highest BCUT2D eigenvalue weighted by Gasteiger charge is 2.19. The van der Waals surface area contributed by atoms with Gasteiger partial charge in [0.2, 0.25) is 0 Å². The molecule has 2 aromatic rings. The molecule has 0 unspecified atom stereocenters. The van der Waals surface area contributed by atoms with Gasteiger partial charge in [-0.25, -0.2) is 4.98 Å². The first-order chi connectivity index (χ1) is 8.33. The van der Waals surface area contributed by atoms with Gasteiger partial charge in [-0.15, -0.1) is 10.2 Å². The molecular formula is C11H12ClN5. The summed E-state index contributed by atoms with van der Waals surface area (Å²) in [6.07, 6.45) is 4.11. The molecule has 0 amide bonds. The Morgan fingerprint density at radius 1 is 1.29 bits per heavy atom. The summed E-state index contributed by atoms with van der Waals surface area (Å²) in [5.41, 5.74) is 1.63. The van der Waals surface area contributed by atoms with Gasteiger partial charge in [-0.3, -0.25) is 0 Å². The van der Waals surface area contributed by atoms with Crippen LogP contribution in [0.4, 0.5) is 0 Å². The molecule has 1 saturated heterocycles. The van der Waals surface area contributed by atoms with E-state index in [1.54, 1.807) is 12.3 Å². The van der Waals surface area contributed by atoms with E-state index in [0.717, 1.165) is 30.2 Å². The van der Waals surface area contributed by atoms with Crippen LogP contribution in [0.25, 0.3) is 11.4 Å². The SMILES string of the molecule is Clc1ccc(-c2cnc([C@@H]3CCCN3)[nH]2)nn1. The zero-order chi connectivity index (χ0) is 11.7. The number of rotatable bonds is 2.